The maximum atomic E-state index is 13.9. The number of esters is 1. The van der Waals surface area contributed by atoms with Crippen molar-refractivity contribution in [2.45, 2.75) is 33.4 Å². The first-order valence-corrected chi connectivity index (χ1v) is 15.0. The molecule has 0 bridgehead atoms. The molecule has 10 heteroatoms. The van der Waals surface area contributed by atoms with Crippen LogP contribution in [0, 0.1) is 5.82 Å². The Balaban J connectivity index is 1.54. The van der Waals surface area contributed by atoms with E-state index in [1.165, 1.54) is 23.5 Å². The first-order chi connectivity index (χ1) is 20.3. The van der Waals surface area contributed by atoms with Crippen molar-refractivity contribution in [3.8, 4) is 11.5 Å². The average molecular weight is 652 g/mol. The van der Waals surface area contributed by atoms with Crippen molar-refractivity contribution >= 4 is 39.3 Å². The van der Waals surface area contributed by atoms with Crippen molar-refractivity contribution in [3.63, 3.8) is 0 Å². The van der Waals surface area contributed by atoms with Crippen LogP contribution in [0.5, 0.6) is 11.5 Å². The van der Waals surface area contributed by atoms with Gasteiger partial charge >= 0.3 is 5.97 Å². The molecule has 0 saturated carbocycles. The van der Waals surface area contributed by atoms with Crippen LogP contribution >= 0.6 is 27.3 Å². The summed E-state index contributed by atoms with van der Waals surface area (Å²) in [5, 5.41) is 0. The van der Waals surface area contributed by atoms with E-state index in [0.29, 0.717) is 48.7 Å². The number of para-hydroxylation sites is 1. The van der Waals surface area contributed by atoms with E-state index in [1.54, 1.807) is 42.7 Å². The summed E-state index contributed by atoms with van der Waals surface area (Å²) in [7, 11) is 0. The maximum absolute atomic E-state index is 13.9. The van der Waals surface area contributed by atoms with Gasteiger partial charge in [0.15, 0.2) is 4.80 Å². The number of allylic oxidation sites excluding steroid dienone is 1. The van der Waals surface area contributed by atoms with Crippen LogP contribution in [-0.4, -0.2) is 23.8 Å². The molecule has 0 aliphatic carbocycles. The van der Waals surface area contributed by atoms with Crippen LogP contribution in [0.4, 0.5) is 4.39 Å². The molecular formula is C32H28BrFN2O5S. The van der Waals surface area contributed by atoms with Crippen molar-refractivity contribution in [1.29, 1.82) is 0 Å². The number of carbonyl (C=O) groups is 1. The lowest BCUT2D eigenvalue weighted by molar-refractivity contribution is -0.139. The average Bonchev–Trinajstić information content (AvgIpc) is 3.27. The summed E-state index contributed by atoms with van der Waals surface area (Å²) in [5.74, 6) is 0.368. The van der Waals surface area contributed by atoms with Crippen LogP contribution in [-0.2, 0) is 16.1 Å². The van der Waals surface area contributed by atoms with E-state index in [-0.39, 0.29) is 24.6 Å². The summed E-state index contributed by atoms with van der Waals surface area (Å²) in [6.45, 7) is 6.27. The summed E-state index contributed by atoms with van der Waals surface area (Å²) in [4.78, 5) is 32.2. The monoisotopic (exact) mass is 650 g/mol. The van der Waals surface area contributed by atoms with Crippen LogP contribution in [0.2, 0.25) is 0 Å². The SMILES string of the molecule is CCOC(=O)C1=C(C)N=c2s/c(=C\c3ccc(OCc4ccc(F)cc4)c(Br)c3)c(=O)n2[C@H]1c1ccccc1OCC. The van der Waals surface area contributed by atoms with Gasteiger partial charge < -0.3 is 14.2 Å². The second-order valence-corrected chi connectivity index (χ2v) is 11.2. The third-order valence-corrected chi connectivity index (χ3v) is 8.19. The Morgan fingerprint density at radius 3 is 2.52 bits per heavy atom. The molecule has 216 valence electrons. The lowest BCUT2D eigenvalue weighted by Crippen LogP contribution is -2.40. The summed E-state index contributed by atoms with van der Waals surface area (Å²) in [6.07, 6.45) is 1.78. The minimum Gasteiger partial charge on any atom is -0.494 e. The van der Waals surface area contributed by atoms with Gasteiger partial charge in [0.25, 0.3) is 5.56 Å². The highest BCUT2D eigenvalue weighted by Crippen LogP contribution is 2.36. The molecule has 42 heavy (non-hydrogen) atoms. The van der Waals surface area contributed by atoms with Crippen molar-refractivity contribution in [2.24, 2.45) is 4.99 Å². The topological polar surface area (TPSA) is 79.1 Å². The van der Waals surface area contributed by atoms with Crippen LogP contribution in [0.1, 0.15) is 43.5 Å². The van der Waals surface area contributed by atoms with Gasteiger partial charge in [-0.1, -0.05) is 47.7 Å². The Morgan fingerprint density at radius 1 is 1.05 bits per heavy atom. The van der Waals surface area contributed by atoms with Gasteiger partial charge in [-0.15, -0.1) is 0 Å². The highest BCUT2D eigenvalue weighted by molar-refractivity contribution is 9.10. The standard InChI is InChI=1S/C32H28BrFN2O5S/c1-4-39-25-9-7-6-8-23(25)29-28(31(38)40-5-2)19(3)35-32-36(29)30(37)27(42-32)17-21-12-15-26(24(33)16-21)41-18-20-10-13-22(34)14-11-20/h6-17,29H,4-5,18H2,1-3H3/b27-17-/t29-/m0/s1. The number of thiazole rings is 1. The van der Waals surface area contributed by atoms with E-state index in [2.05, 4.69) is 20.9 Å². The first kappa shape index (κ1) is 29.5. The van der Waals surface area contributed by atoms with Gasteiger partial charge in [0.05, 0.1) is 33.5 Å². The summed E-state index contributed by atoms with van der Waals surface area (Å²) in [6, 6.07) is 18.3. The van der Waals surface area contributed by atoms with E-state index in [9.17, 15) is 14.0 Å². The number of ether oxygens (including phenoxy) is 3. The molecule has 0 saturated heterocycles. The number of nitrogens with zero attached hydrogens (tertiary/aromatic N) is 2. The molecule has 1 aliphatic heterocycles. The van der Waals surface area contributed by atoms with Crippen molar-refractivity contribution in [2.75, 3.05) is 13.2 Å². The van der Waals surface area contributed by atoms with Gasteiger partial charge in [-0.2, -0.15) is 0 Å². The number of fused-ring (bicyclic) bond motifs is 1. The molecule has 4 aromatic rings. The maximum Gasteiger partial charge on any atom is 0.338 e. The number of hydrogen-bond acceptors (Lipinski definition) is 7. The van der Waals surface area contributed by atoms with E-state index in [4.69, 9.17) is 14.2 Å². The molecule has 0 spiro atoms. The molecule has 2 heterocycles. The minimum absolute atomic E-state index is 0.193. The quantitative estimate of drug-likeness (QED) is 0.218. The third-order valence-electron chi connectivity index (χ3n) is 6.59. The predicted octanol–water partition coefficient (Wildman–Crippen LogP) is 5.68. The van der Waals surface area contributed by atoms with Gasteiger partial charge in [0.1, 0.15) is 30.0 Å². The summed E-state index contributed by atoms with van der Waals surface area (Å²) < 4.78 is 33.1. The predicted molar refractivity (Wildman–Crippen MR) is 163 cm³/mol. The zero-order chi connectivity index (χ0) is 29.8. The summed E-state index contributed by atoms with van der Waals surface area (Å²) in [5.41, 5.74) is 2.79. The van der Waals surface area contributed by atoms with E-state index in [0.717, 1.165) is 11.1 Å². The number of benzene rings is 3. The van der Waals surface area contributed by atoms with Gasteiger partial charge in [-0.25, -0.2) is 14.2 Å². The highest BCUT2D eigenvalue weighted by atomic mass is 79.9. The third kappa shape index (κ3) is 6.10. The van der Waals surface area contributed by atoms with Crippen molar-refractivity contribution < 1.29 is 23.4 Å². The smallest absolute Gasteiger partial charge is 0.338 e. The van der Waals surface area contributed by atoms with Gasteiger partial charge in [0, 0.05) is 5.56 Å². The molecule has 0 radical (unpaired) electrons. The number of hydrogen-bond donors (Lipinski definition) is 0. The fraction of sp³-hybridized carbons (Fsp3) is 0.219. The van der Waals surface area contributed by atoms with E-state index >= 15 is 0 Å². The zero-order valence-corrected chi connectivity index (χ0v) is 25.6. The molecule has 0 N–H and O–H groups in total. The molecule has 0 amide bonds. The number of carbonyl (C=O) groups excluding carboxylic acids is 1. The molecule has 5 rings (SSSR count). The minimum atomic E-state index is -0.765. The molecule has 1 aliphatic rings. The molecule has 3 aromatic carbocycles. The Labute approximate surface area is 254 Å². The van der Waals surface area contributed by atoms with Gasteiger partial charge in [-0.3, -0.25) is 9.36 Å². The Kier molecular flexibility index (Phi) is 9.03. The van der Waals surface area contributed by atoms with Crippen molar-refractivity contribution in [3.05, 3.63) is 125 Å². The Hall–Kier alpha value is -4.02. The largest absolute Gasteiger partial charge is 0.494 e. The molecule has 1 atom stereocenters. The van der Waals surface area contributed by atoms with Crippen molar-refractivity contribution in [1.82, 2.24) is 4.57 Å². The Bertz CT molecular complexity index is 1850. The lowest BCUT2D eigenvalue weighted by atomic mass is 9.95. The lowest BCUT2D eigenvalue weighted by Gasteiger charge is -2.26. The van der Waals surface area contributed by atoms with E-state index < -0.39 is 12.0 Å². The van der Waals surface area contributed by atoms with Crippen LogP contribution in [0.25, 0.3) is 6.08 Å². The van der Waals surface area contributed by atoms with Gasteiger partial charge in [-0.05, 0) is 84.2 Å². The molecule has 0 fully saturated rings. The number of halogens is 2. The van der Waals surface area contributed by atoms with E-state index in [1.807, 2.05) is 43.3 Å². The fourth-order valence-electron chi connectivity index (χ4n) is 4.70. The Morgan fingerprint density at radius 2 is 1.81 bits per heavy atom. The molecular weight excluding hydrogens is 623 g/mol. The molecule has 0 unspecified atom stereocenters. The van der Waals surface area contributed by atoms with Crippen LogP contribution in [0.15, 0.2) is 92.3 Å². The fourth-order valence-corrected chi connectivity index (χ4v) is 6.25. The molecule has 7 nitrogen and oxygen atoms in total. The van der Waals surface area contributed by atoms with Gasteiger partial charge in [0.2, 0.25) is 0 Å². The highest BCUT2D eigenvalue weighted by Gasteiger charge is 2.35. The summed E-state index contributed by atoms with van der Waals surface area (Å²) >= 11 is 4.80. The van der Waals surface area contributed by atoms with Crippen LogP contribution < -0.4 is 24.4 Å². The second kappa shape index (κ2) is 12.9. The number of rotatable bonds is 9. The van der Waals surface area contributed by atoms with Crippen LogP contribution in [0.3, 0.4) is 0 Å². The zero-order valence-electron chi connectivity index (χ0n) is 23.2. The normalized spacial score (nSPS) is 14.8. The molecule has 1 aromatic heterocycles. The first-order valence-electron chi connectivity index (χ1n) is 13.4. The number of aromatic nitrogens is 1. The second-order valence-electron chi connectivity index (χ2n) is 9.38.